The normalized spacial score (nSPS) is 28.6. The molecule has 3 nitrogen and oxygen atoms in total. The van der Waals surface area contributed by atoms with Crippen molar-refractivity contribution < 1.29 is 14.6 Å². The van der Waals surface area contributed by atoms with Crippen molar-refractivity contribution in [3.05, 3.63) is 0 Å². The van der Waals surface area contributed by atoms with Crippen molar-refractivity contribution in [1.29, 1.82) is 0 Å². The molecule has 0 aliphatic carbocycles. The van der Waals surface area contributed by atoms with Crippen molar-refractivity contribution in [3.8, 4) is 0 Å². The third kappa shape index (κ3) is 1.93. The largest absolute Gasteiger partial charge is 0.459 e. The number of carbonyl (C=O) groups is 1. The van der Waals surface area contributed by atoms with Crippen LogP contribution in [0, 0.1) is 5.92 Å². The van der Waals surface area contributed by atoms with Crippen LogP contribution in [0.15, 0.2) is 0 Å². The quantitative estimate of drug-likeness (QED) is 0.602. The van der Waals surface area contributed by atoms with Gasteiger partial charge in [-0.1, -0.05) is 0 Å². The van der Waals surface area contributed by atoms with Crippen LogP contribution in [0.1, 0.15) is 26.7 Å². The zero-order chi connectivity index (χ0) is 8.48. The predicted molar refractivity (Wildman–Crippen MR) is 40.0 cm³/mol. The summed E-state index contributed by atoms with van der Waals surface area (Å²) in [6.45, 7) is 3.85. The van der Waals surface area contributed by atoms with E-state index in [1.807, 2.05) is 13.8 Å². The van der Waals surface area contributed by atoms with Crippen LogP contribution in [0.3, 0.4) is 0 Å². The van der Waals surface area contributed by atoms with Crippen LogP contribution in [0.4, 0.5) is 0 Å². The van der Waals surface area contributed by atoms with Gasteiger partial charge in [0.2, 0.25) is 0 Å². The number of hydrogen-bond donors (Lipinski definition) is 1. The van der Waals surface area contributed by atoms with E-state index in [9.17, 15) is 4.79 Å². The molecule has 1 fully saturated rings. The van der Waals surface area contributed by atoms with Crippen LogP contribution in [-0.4, -0.2) is 23.3 Å². The number of aliphatic hydroxyl groups excluding tert-OH is 1. The van der Waals surface area contributed by atoms with Crippen LogP contribution in [0.5, 0.6) is 0 Å². The number of rotatable bonds is 2. The van der Waals surface area contributed by atoms with Crippen LogP contribution in [-0.2, 0) is 9.53 Å². The minimum absolute atomic E-state index is 0.0653. The zero-order valence-electron chi connectivity index (χ0n) is 6.96. The molecule has 0 amide bonds. The highest BCUT2D eigenvalue weighted by molar-refractivity contribution is 5.75. The molecule has 1 saturated heterocycles. The summed E-state index contributed by atoms with van der Waals surface area (Å²) >= 11 is 0. The van der Waals surface area contributed by atoms with Crippen LogP contribution in [0.2, 0.25) is 0 Å². The Kier molecular flexibility index (Phi) is 2.18. The summed E-state index contributed by atoms with van der Waals surface area (Å²) < 4.78 is 5.06. The third-order valence-corrected chi connectivity index (χ3v) is 1.93. The first kappa shape index (κ1) is 8.53. The number of esters is 1. The molecule has 3 heteroatoms. The van der Waals surface area contributed by atoms with E-state index in [1.165, 1.54) is 0 Å². The first-order valence-corrected chi connectivity index (χ1v) is 3.89. The Bertz CT molecular complexity index is 163. The molecule has 0 aromatic heterocycles. The summed E-state index contributed by atoms with van der Waals surface area (Å²) in [5.41, 5.74) is -0.322. The van der Waals surface area contributed by atoms with E-state index in [2.05, 4.69) is 0 Å². The van der Waals surface area contributed by atoms with E-state index in [-0.39, 0.29) is 24.1 Å². The van der Waals surface area contributed by atoms with Crippen molar-refractivity contribution in [2.24, 2.45) is 5.92 Å². The van der Waals surface area contributed by atoms with E-state index < -0.39 is 0 Å². The Morgan fingerprint density at radius 2 is 2.36 bits per heavy atom. The van der Waals surface area contributed by atoms with E-state index in [0.29, 0.717) is 6.42 Å². The minimum atomic E-state index is -0.322. The van der Waals surface area contributed by atoms with Gasteiger partial charge in [0.15, 0.2) is 0 Å². The number of carbonyl (C=O) groups excluding carboxylic acids is 1. The molecule has 1 rings (SSSR count). The van der Waals surface area contributed by atoms with E-state index >= 15 is 0 Å². The molecule has 0 saturated carbocycles. The highest BCUT2D eigenvalue weighted by Gasteiger charge is 2.39. The van der Waals surface area contributed by atoms with Crippen molar-refractivity contribution in [3.63, 3.8) is 0 Å². The lowest BCUT2D eigenvalue weighted by Gasteiger charge is -2.14. The molecular weight excluding hydrogens is 144 g/mol. The number of cyclic esters (lactones) is 1. The lowest BCUT2D eigenvalue weighted by Crippen LogP contribution is -2.17. The molecule has 0 aromatic carbocycles. The lowest BCUT2D eigenvalue weighted by atomic mass is 9.95. The summed E-state index contributed by atoms with van der Waals surface area (Å²) in [6, 6.07) is 0. The molecule has 0 radical (unpaired) electrons. The monoisotopic (exact) mass is 158 g/mol. The molecule has 0 spiro atoms. The fourth-order valence-corrected chi connectivity index (χ4v) is 1.45. The molecule has 1 N–H and O–H groups in total. The molecule has 11 heavy (non-hydrogen) atoms. The van der Waals surface area contributed by atoms with Gasteiger partial charge < -0.3 is 9.84 Å². The average molecular weight is 158 g/mol. The Morgan fingerprint density at radius 1 is 1.73 bits per heavy atom. The summed E-state index contributed by atoms with van der Waals surface area (Å²) in [4.78, 5) is 11.0. The maximum Gasteiger partial charge on any atom is 0.309 e. The van der Waals surface area contributed by atoms with E-state index in [4.69, 9.17) is 9.84 Å². The second-order valence-corrected chi connectivity index (χ2v) is 3.59. The maximum absolute atomic E-state index is 11.0. The second kappa shape index (κ2) is 2.81. The van der Waals surface area contributed by atoms with Gasteiger partial charge in [0.25, 0.3) is 0 Å². The van der Waals surface area contributed by atoms with Gasteiger partial charge >= 0.3 is 5.97 Å². The van der Waals surface area contributed by atoms with Gasteiger partial charge in [0, 0.05) is 6.61 Å². The average Bonchev–Trinajstić information content (AvgIpc) is 2.07. The molecular formula is C8H14O3. The molecule has 1 aliphatic rings. The lowest BCUT2D eigenvalue weighted by molar-refractivity contribution is -0.148. The topological polar surface area (TPSA) is 46.5 Å². The van der Waals surface area contributed by atoms with Gasteiger partial charge in [-0.15, -0.1) is 0 Å². The Hall–Kier alpha value is -0.570. The predicted octanol–water partition coefficient (Wildman–Crippen LogP) is 0.710. The molecule has 0 aromatic rings. The highest BCUT2D eigenvalue weighted by atomic mass is 16.6. The smallest absolute Gasteiger partial charge is 0.309 e. The fraction of sp³-hybridized carbons (Fsp3) is 0.875. The van der Waals surface area contributed by atoms with Crippen molar-refractivity contribution in [2.45, 2.75) is 32.3 Å². The SMILES string of the molecule is CC1(C)CC(CCO)C(=O)O1. The standard InChI is InChI=1S/C8H14O3/c1-8(2)5-6(3-4-9)7(10)11-8/h6,9H,3-5H2,1-2H3. The van der Waals surface area contributed by atoms with E-state index in [0.717, 1.165) is 6.42 Å². The molecule has 1 unspecified atom stereocenters. The summed E-state index contributed by atoms with van der Waals surface area (Å²) in [5, 5.41) is 8.61. The Labute approximate surface area is 66.4 Å². The van der Waals surface area contributed by atoms with Crippen molar-refractivity contribution in [2.75, 3.05) is 6.61 Å². The zero-order valence-corrected chi connectivity index (χ0v) is 6.96. The van der Waals surface area contributed by atoms with Gasteiger partial charge in [-0.3, -0.25) is 4.79 Å². The third-order valence-electron chi connectivity index (χ3n) is 1.93. The Balaban J connectivity index is 2.52. The van der Waals surface area contributed by atoms with Crippen LogP contribution in [0.25, 0.3) is 0 Å². The number of ether oxygens (including phenoxy) is 1. The van der Waals surface area contributed by atoms with Crippen molar-refractivity contribution >= 4 is 5.97 Å². The minimum Gasteiger partial charge on any atom is -0.459 e. The molecule has 1 atom stereocenters. The van der Waals surface area contributed by atoms with Crippen LogP contribution < -0.4 is 0 Å². The van der Waals surface area contributed by atoms with Crippen molar-refractivity contribution in [1.82, 2.24) is 0 Å². The number of aliphatic hydroxyl groups is 1. The second-order valence-electron chi connectivity index (χ2n) is 3.59. The van der Waals surface area contributed by atoms with Gasteiger partial charge in [-0.2, -0.15) is 0 Å². The molecule has 1 heterocycles. The van der Waals surface area contributed by atoms with Crippen LogP contribution >= 0.6 is 0 Å². The first-order chi connectivity index (χ1) is 5.05. The van der Waals surface area contributed by atoms with Gasteiger partial charge in [-0.05, 0) is 26.7 Å². The Morgan fingerprint density at radius 3 is 2.73 bits per heavy atom. The highest BCUT2D eigenvalue weighted by Crippen LogP contribution is 2.31. The van der Waals surface area contributed by atoms with Gasteiger partial charge in [-0.25, -0.2) is 0 Å². The van der Waals surface area contributed by atoms with E-state index in [1.54, 1.807) is 0 Å². The maximum atomic E-state index is 11.0. The fourth-order valence-electron chi connectivity index (χ4n) is 1.45. The summed E-state index contributed by atoms with van der Waals surface area (Å²) in [7, 11) is 0. The molecule has 1 aliphatic heterocycles. The first-order valence-electron chi connectivity index (χ1n) is 3.89. The van der Waals surface area contributed by atoms with Gasteiger partial charge in [0.1, 0.15) is 5.60 Å². The molecule has 64 valence electrons. The summed E-state index contributed by atoms with van der Waals surface area (Å²) in [5.74, 6) is -0.251. The number of hydrogen-bond acceptors (Lipinski definition) is 3. The molecule has 0 bridgehead atoms. The van der Waals surface area contributed by atoms with Gasteiger partial charge in [0.05, 0.1) is 5.92 Å². The summed E-state index contributed by atoms with van der Waals surface area (Å²) in [6.07, 6.45) is 1.26.